The predicted molar refractivity (Wildman–Crippen MR) is 93.0 cm³/mol. The van der Waals surface area contributed by atoms with Crippen molar-refractivity contribution in [1.82, 2.24) is 20.0 Å². The first kappa shape index (κ1) is 17.4. The van der Waals surface area contributed by atoms with E-state index in [4.69, 9.17) is 9.15 Å². The molecule has 7 heteroatoms. The van der Waals surface area contributed by atoms with Crippen molar-refractivity contribution < 1.29 is 13.9 Å². The normalized spacial score (nSPS) is 15.6. The number of nitrogens with zero attached hydrogens (tertiary/aromatic N) is 4. The number of methoxy groups -OCH3 is 1. The summed E-state index contributed by atoms with van der Waals surface area (Å²) in [5.74, 6) is 2.16. The van der Waals surface area contributed by atoms with Gasteiger partial charge in [-0.05, 0) is 24.3 Å². The van der Waals surface area contributed by atoms with E-state index in [0.717, 1.165) is 37.5 Å². The van der Waals surface area contributed by atoms with Gasteiger partial charge in [0, 0.05) is 37.7 Å². The van der Waals surface area contributed by atoms with Gasteiger partial charge in [0.15, 0.2) is 0 Å². The average molecular weight is 344 g/mol. The molecule has 1 amide bonds. The lowest BCUT2D eigenvalue weighted by Crippen LogP contribution is -2.49. The summed E-state index contributed by atoms with van der Waals surface area (Å²) in [7, 11) is 1.63. The zero-order chi connectivity index (χ0) is 17.8. The van der Waals surface area contributed by atoms with Crippen molar-refractivity contribution in [2.75, 3.05) is 33.3 Å². The molecule has 0 saturated carbocycles. The van der Waals surface area contributed by atoms with E-state index in [1.165, 1.54) is 0 Å². The number of hydrogen-bond acceptors (Lipinski definition) is 6. The van der Waals surface area contributed by atoms with E-state index >= 15 is 0 Å². The summed E-state index contributed by atoms with van der Waals surface area (Å²) in [5, 5.41) is 8.27. The summed E-state index contributed by atoms with van der Waals surface area (Å²) < 4.78 is 10.9. The molecule has 1 aliphatic heterocycles. The van der Waals surface area contributed by atoms with Gasteiger partial charge in [-0.2, -0.15) is 0 Å². The van der Waals surface area contributed by atoms with Gasteiger partial charge in [-0.15, -0.1) is 10.2 Å². The fourth-order valence-electron chi connectivity index (χ4n) is 2.85. The number of amides is 1. The van der Waals surface area contributed by atoms with Crippen molar-refractivity contribution in [3.05, 3.63) is 30.2 Å². The van der Waals surface area contributed by atoms with E-state index in [2.05, 4.69) is 15.1 Å². The third-order valence-electron chi connectivity index (χ3n) is 4.34. The van der Waals surface area contributed by atoms with Crippen molar-refractivity contribution in [2.45, 2.75) is 20.4 Å². The monoisotopic (exact) mass is 344 g/mol. The molecule has 7 nitrogen and oxygen atoms in total. The zero-order valence-electron chi connectivity index (χ0n) is 14.9. The van der Waals surface area contributed by atoms with Crippen molar-refractivity contribution in [2.24, 2.45) is 5.92 Å². The van der Waals surface area contributed by atoms with Gasteiger partial charge in [-0.3, -0.25) is 9.69 Å². The second-order valence-corrected chi connectivity index (χ2v) is 6.49. The standard InChI is InChI=1S/C18H24N4O3/c1-13(2)18(23)22-10-8-21(9-11-22)12-16-19-20-17(25-16)14-4-6-15(24-3)7-5-14/h4-7,13H,8-12H2,1-3H3. The third-order valence-corrected chi connectivity index (χ3v) is 4.34. The molecule has 0 atom stereocenters. The highest BCUT2D eigenvalue weighted by atomic mass is 16.5. The number of hydrogen-bond donors (Lipinski definition) is 0. The number of ether oxygens (including phenoxy) is 1. The van der Waals surface area contributed by atoms with Gasteiger partial charge in [0.25, 0.3) is 0 Å². The molecule has 1 saturated heterocycles. The van der Waals surface area contributed by atoms with Gasteiger partial charge in [-0.1, -0.05) is 13.8 Å². The van der Waals surface area contributed by atoms with E-state index < -0.39 is 0 Å². The van der Waals surface area contributed by atoms with Crippen molar-refractivity contribution in [3.63, 3.8) is 0 Å². The van der Waals surface area contributed by atoms with Crippen LogP contribution >= 0.6 is 0 Å². The molecule has 1 aromatic heterocycles. The number of carbonyl (C=O) groups excluding carboxylic acids is 1. The second-order valence-electron chi connectivity index (χ2n) is 6.49. The Bertz CT molecular complexity index is 703. The van der Waals surface area contributed by atoms with Crippen LogP contribution in [0.15, 0.2) is 28.7 Å². The van der Waals surface area contributed by atoms with Gasteiger partial charge in [0.2, 0.25) is 17.7 Å². The van der Waals surface area contributed by atoms with Crippen LogP contribution in [-0.4, -0.2) is 59.2 Å². The van der Waals surface area contributed by atoms with Crippen LogP contribution in [0.2, 0.25) is 0 Å². The Morgan fingerprint density at radius 2 is 1.84 bits per heavy atom. The molecule has 1 aromatic carbocycles. The van der Waals surface area contributed by atoms with Crippen molar-refractivity contribution in [3.8, 4) is 17.2 Å². The Morgan fingerprint density at radius 3 is 2.44 bits per heavy atom. The Labute approximate surface area is 147 Å². The smallest absolute Gasteiger partial charge is 0.247 e. The van der Waals surface area contributed by atoms with Crippen LogP contribution in [0.5, 0.6) is 5.75 Å². The predicted octanol–water partition coefficient (Wildman–Crippen LogP) is 2.05. The van der Waals surface area contributed by atoms with Gasteiger partial charge in [-0.25, -0.2) is 0 Å². The Kier molecular flexibility index (Phi) is 5.33. The minimum absolute atomic E-state index is 0.0505. The van der Waals surface area contributed by atoms with E-state index in [-0.39, 0.29) is 11.8 Å². The lowest BCUT2D eigenvalue weighted by atomic mass is 10.1. The third kappa shape index (κ3) is 4.17. The molecule has 2 heterocycles. The topological polar surface area (TPSA) is 71.7 Å². The maximum atomic E-state index is 12.0. The zero-order valence-corrected chi connectivity index (χ0v) is 14.9. The van der Waals surface area contributed by atoms with Gasteiger partial charge >= 0.3 is 0 Å². The minimum atomic E-state index is 0.0505. The Hall–Kier alpha value is -2.41. The fourth-order valence-corrected chi connectivity index (χ4v) is 2.85. The quantitative estimate of drug-likeness (QED) is 0.827. The maximum Gasteiger partial charge on any atom is 0.247 e. The van der Waals surface area contributed by atoms with E-state index in [1.807, 2.05) is 43.0 Å². The minimum Gasteiger partial charge on any atom is -0.497 e. The molecule has 1 fully saturated rings. The van der Waals surface area contributed by atoms with Crippen LogP contribution in [0.1, 0.15) is 19.7 Å². The van der Waals surface area contributed by atoms with Crippen LogP contribution in [0, 0.1) is 5.92 Å². The summed E-state index contributed by atoms with van der Waals surface area (Å²) in [6.07, 6.45) is 0. The molecule has 3 rings (SSSR count). The van der Waals surface area contributed by atoms with E-state index in [1.54, 1.807) is 7.11 Å². The Balaban J connectivity index is 1.56. The lowest BCUT2D eigenvalue weighted by molar-refractivity contribution is -0.136. The molecular weight excluding hydrogens is 320 g/mol. The van der Waals surface area contributed by atoms with Crippen molar-refractivity contribution in [1.29, 1.82) is 0 Å². The SMILES string of the molecule is COc1ccc(-c2nnc(CN3CCN(C(=O)C(C)C)CC3)o2)cc1. The molecule has 0 unspecified atom stereocenters. The van der Waals surface area contributed by atoms with Crippen LogP contribution in [0.3, 0.4) is 0 Å². The number of benzene rings is 1. The summed E-state index contributed by atoms with van der Waals surface area (Å²) in [6.45, 7) is 7.61. The molecule has 0 bridgehead atoms. The summed E-state index contributed by atoms with van der Waals surface area (Å²) in [4.78, 5) is 16.2. The molecule has 0 spiro atoms. The number of carbonyl (C=O) groups is 1. The van der Waals surface area contributed by atoms with E-state index in [9.17, 15) is 4.79 Å². The number of piperazine rings is 1. The van der Waals surface area contributed by atoms with Crippen molar-refractivity contribution >= 4 is 5.91 Å². The summed E-state index contributed by atoms with van der Waals surface area (Å²) in [6, 6.07) is 7.52. The summed E-state index contributed by atoms with van der Waals surface area (Å²) >= 11 is 0. The highest BCUT2D eigenvalue weighted by Gasteiger charge is 2.23. The van der Waals surface area contributed by atoms with Crippen LogP contribution in [-0.2, 0) is 11.3 Å². The Morgan fingerprint density at radius 1 is 1.16 bits per heavy atom. The maximum absolute atomic E-state index is 12.0. The average Bonchev–Trinajstić information content (AvgIpc) is 3.10. The number of rotatable bonds is 5. The first-order chi connectivity index (χ1) is 12.1. The molecule has 0 N–H and O–H groups in total. The molecule has 1 aliphatic rings. The molecule has 134 valence electrons. The van der Waals surface area contributed by atoms with E-state index in [0.29, 0.717) is 18.3 Å². The molecular formula is C18H24N4O3. The highest BCUT2D eigenvalue weighted by Crippen LogP contribution is 2.21. The summed E-state index contributed by atoms with van der Waals surface area (Å²) in [5.41, 5.74) is 0.867. The molecule has 0 aliphatic carbocycles. The second kappa shape index (κ2) is 7.65. The van der Waals surface area contributed by atoms with Gasteiger partial charge in [0.1, 0.15) is 5.75 Å². The molecule has 25 heavy (non-hydrogen) atoms. The lowest BCUT2D eigenvalue weighted by Gasteiger charge is -2.34. The first-order valence-electron chi connectivity index (χ1n) is 8.55. The van der Waals surface area contributed by atoms with Crippen LogP contribution in [0.4, 0.5) is 0 Å². The number of aromatic nitrogens is 2. The largest absolute Gasteiger partial charge is 0.497 e. The fraction of sp³-hybridized carbons (Fsp3) is 0.500. The van der Waals surface area contributed by atoms with Gasteiger partial charge < -0.3 is 14.1 Å². The van der Waals surface area contributed by atoms with Crippen LogP contribution < -0.4 is 4.74 Å². The highest BCUT2D eigenvalue weighted by molar-refractivity contribution is 5.78. The molecule has 2 aromatic rings. The molecule has 0 radical (unpaired) electrons. The van der Waals surface area contributed by atoms with Crippen LogP contribution in [0.25, 0.3) is 11.5 Å². The van der Waals surface area contributed by atoms with Gasteiger partial charge in [0.05, 0.1) is 13.7 Å². The first-order valence-corrected chi connectivity index (χ1v) is 8.55.